The third-order valence-electron chi connectivity index (χ3n) is 4.77. The van der Waals surface area contributed by atoms with Crippen molar-refractivity contribution < 1.29 is 4.79 Å². The van der Waals surface area contributed by atoms with Crippen molar-refractivity contribution in [2.75, 3.05) is 24.5 Å². The number of hydrogen-bond donors (Lipinski definition) is 1. The van der Waals surface area contributed by atoms with Crippen LogP contribution in [0, 0.1) is 0 Å². The molecule has 0 unspecified atom stereocenters. The fourth-order valence-electron chi connectivity index (χ4n) is 3.40. The van der Waals surface area contributed by atoms with E-state index in [2.05, 4.69) is 20.3 Å². The number of amides is 1. The first kappa shape index (κ1) is 17.6. The lowest BCUT2D eigenvalue weighted by atomic mass is 10.2. The molecule has 3 aromatic heterocycles. The average Bonchev–Trinajstić information content (AvgIpc) is 3.14. The maximum absolute atomic E-state index is 11.6. The standard InChI is InChI=1S/C20H16ClN7O/c21-14-3-1-2-4-16(14)28-17-11-22-6-5-15(17)26-19(28)13-9-24-20(25-10-13)27-8-7-23-18(29)12-27/h1-6,9-11H,7-8,12H2,(H,23,29). The highest BCUT2D eigenvalue weighted by Gasteiger charge is 2.20. The largest absolute Gasteiger partial charge is 0.353 e. The third-order valence-corrected chi connectivity index (χ3v) is 5.09. The van der Waals surface area contributed by atoms with E-state index in [-0.39, 0.29) is 12.5 Å². The van der Waals surface area contributed by atoms with E-state index in [4.69, 9.17) is 16.6 Å². The van der Waals surface area contributed by atoms with E-state index in [1.807, 2.05) is 39.8 Å². The first-order chi connectivity index (χ1) is 14.2. The molecule has 9 heteroatoms. The van der Waals surface area contributed by atoms with Gasteiger partial charge in [0.15, 0.2) is 0 Å². The van der Waals surface area contributed by atoms with Crippen LogP contribution in [0.3, 0.4) is 0 Å². The van der Waals surface area contributed by atoms with Crippen molar-refractivity contribution in [3.8, 4) is 17.1 Å². The van der Waals surface area contributed by atoms with Crippen molar-refractivity contribution in [2.24, 2.45) is 0 Å². The minimum atomic E-state index is -0.0306. The summed E-state index contributed by atoms with van der Waals surface area (Å²) in [5.41, 5.74) is 3.18. The highest BCUT2D eigenvalue weighted by molar-refractivity contribution is 6.32. The number of fused-ring (bicyclic) bond motifs is 1. The van der Waals surface area contributed by atoms with Crippen LogP contribution < -0.4 is 10.2 Å². The molecule has 29 heavy (non-hydrogen) atoms. The summed E-state index contributed by atoms with van der Waals surface area (Å²) in [4.78, 5) is 31.4. The van der Waals surface area contributed by atoms with Crippen molar-refractivity contribution in [2.45, 2.75) is 0 Å². The molecule has 0 bridgehead atoms. The van der Waals surface area contributed by atoms with Gasteiger partial charge in [-0.1, -0.05) is 23.7 Å². The Bertz CT molecular complexity index is 1210. The van der Waals surface area contributed by atoms with E-state index in [1.54, 1.807) is 24.8 Å². The maximum Gasteiger partial charge on any atom is 0.239 e. The second-order valence-corrected chi connectivity index (χ2v) is 7.04. The molecule has 1 aliphatic rings. The van der Waals surface area contributed by atoms with Crippen LogP contribution >= 0.6 is 11.6 Å². The van der Waals surface area contributed by atoms with Crippen molar-refractivity contribution in [1.82, 2.24) is 29.8 Å². The Kier molecular flexibility index (Phi) is 4.33. The monoisotopic (exact) mass is 405 g/mol. The van der Waals surface area contributed by atoms with Crippen molar-refractivity contribution in [1.29, 1.82) is 0 Å². The summed E-state index contributed by atoms with van der Waals surface area (Å²) >= 11 is 6.47. The van der Waals surface area contributed by atoms with Gasteiger partial charge in [0.1, 0.15) is 5.82 Å². The first-order valence-electron chi connectivity index (χ1n) is 9.12. The van der Waals surface area contributed by atoms with Gasteiger partial charge in [-0.3, -0.25) is 14.3 Å². The summed E-state index contributed by atoms with van der Waals surface area (Å²) in [6.07, 6.45) is 6.90. The molecular weight excluding hydrogens is 390 g/mol. The zero-order chi connectivity index (χ0) is 19.8. The average molecular weight is 406 g/mol. The highest BCUT2D eigenvalue weighted by Crippen LogP contribution is 2.31. The molecule has 4 aromatic rings. The lowest BCUT2D eigenvalue weighted by Gasteiger charge is -2.26. The molecule has 1 aliphatic heterocycles. The molecule has 1 amide bonds. The number of carbonyl (C=O) groups is 1. The molecule has 0 atom stereocenters. The van der Waals surface area contributed by atoms with Crippen LogP contribution in [-0.2, 0) is 4.79 Å². The number of rotatable bonds is 3. The summed E-state index contributed by atoms with van der Waals surface area (Å²) in [5, 5.41) is 3.40. The Morgan fingerprint density at radius 1 is 1.07 bits per heavy atom. The van der Waals surface area contributed by atoms with Gasteiger partial charge in [0.2, 0.25) is 11.9 Å². The highest BCUT2D eigenvalue weighted by atomic mass is 35.5. The van der Waals surface area contributed by atoms with E-state index in [9.17, 15) is 4.79 Å². The van der Waals surface area contributed by atoms with E-state index in [0.29, 0.717) is 29.9 Å². The topological polar surface area (TPSA) is 88.8 Å². The predicted molar refractivity (Wildman–Crippen MR) is 110 cm³/mol. The van der Waals surface area contributed by atoms with Gasteiger partial charge in [-0.25, -0.2) is 15.0 Å². The van der Waals surface area contributed by atoms with E-state index < -0.39 is 0 Å². The lowest BCUT2D eigenvalue weighted by molar-refractivity contribution is -0.120. The molecule has 0 saturated carbocycles. The minimum Gasteiger partial charge on any atom is -0.353 e. The quantitative estimate of drug-likeness (QED) is 0.563. The fourth-order valence-corrected chi connectivity index (χ4v) is 3.62. The summed E-state index contributed by atoms with van der Waals surface area (Å²) in [5.74, 6) is 1.16. The number of para-hydroxylation sites is 1. The van der Waals surface area contributed by atoms with Crippen LogP contribution in [0.25, 0.3) is 28.1 Å². The molecule has 4 heterocycles. The lowest BCUT2D eigenvalue weighted by Crippen LogP contribution is -2.48. The number of aromatic nitrogens is 5. The molecule has 0 spiro atoms. The Balaban J connectivity index is 1.61. The molecule has 144 valence electrons. The van der Waals surface area contributed by atoms with E-state index >= 15 is 0 Å². The Morgan fingerprint density at radius 3 is 2.69 bits per heavy atom. The number of anilines is 1. The van der Waals surface area contributed by atoms with Gasteiger partial charge in [-0.2, -0.15) is 0 Å². The number of benzene rings is 1. The number of carbonyl (C=O) groups excluding carboxylic acids is 1. The van der Waals surface area contributed by atoms with Crippen molar-refractivity contribution >= 4 is 34.5 Å². The summed E-state index contributed by atoms with van der Waals surface area (Å²) < 4.78 is 1.96. The fraction of sp³-hybridized carbons (Fsp3) is 0.150. The minimum absolute atomic E-state index is 0.0306. The number of halogens is 1. The van der Waals surface area contributed by atoms with Crippen LogP contribution in [0.5, 0.6) is 0 Å². The van der Waals surface area contributed by atoms with Gasteiger partial charge in [-0.05, 0) is 18.2 Å². The smallest absolute Gasteiger partial charge is 0.239 e. The zero-order valence-corrected chi connectivity index (χ0v) is 16.0. The maximum atomic E-state index is 11.6. The van der Waals surface area contributed by atoms with Crippen molar-refractivity contribution in [3.05, 3.63) is 60.1 Å². The van der Waals surface area contributed by atoms with Gasteiger partial charge < -0.3 is 10.2 Å². The molecule has 5 rings (SSSR count). The number of piperazine rings is 1. The number of nitrogens with one attached hydrogen (secondary N) is 1. The first-order valence-corrected chi connectivity index (χ1v) is 9.50. The normalized spacial score (nSPS) is 14.2. The SMILES string of the molecule is O=C1CN(c2ncc(-c3nc4ccncc4n3-c3ccccc3Cl)cn2)CCN1. The zero-order valence-electron chi connectivity index (χ0n) is 15.3. The second kappa shape index (κ2) is 7.14. The number of nitrogens with zero attached hydrogens (tertiary/aromatic N) is 6. The van der Waals surface area contributed by atoms with E-state index in [0.717, 1.165) is 22.3 Å². The molecule has 0 radical (unpaired) electrons. The van der Waals surface area contributed by atoms with Gasteiger partial charge in [0, 0.05) is 31.7 Å². The summed E-state index contributed by atoms with van der Waals surface area (Å²) in [6.45, 7) is 1.51. The predicted octanol–water partition coefficient (Wildman–Crippen LogP) is 2.47. The van der Waals surface area contributed by atoms with Crippen LogP contribution in [-0.4, -0.2) is 50.0 Å². The van der Waals surface area contributed by atoms with Gasteiger partial charge in [-0.15, -0.1) is 0 Å². The molecule has 1 fully saturated rings. The van der Waals surface area contributed by atoms with Gasteiger partial charge in [0.05, 0.1) is 40.0 Å². The molecule has 1 aromatic carbocycles. The summed E-state index contributed by atoms with van der Waals surface area (Å²) in [7, 11) is 0. The van der Waals surface area contributed by atoms with Gasteiger partial charge >= 0.3 is 0 Å². The Labute approximate surface area is 171 Å². The Morgan fingerprint density at radius 2 is 1.90 bits per heavy atom. The van der Waals surface area contributed by atoms with Crippen molar-refractivity contribution in [3.63, 3.8) is 0 Å². The summed E-state index contributed by atoms with van der Waals surface area (Å²) in [6, 6.07) is 9.43. The third kappa shape index (κ3) is 3.17. The second-order valence-electron chi connectivity index (χ2n) is 6.63. The van der Waals surface area contributed by atoms with Crippen LogP contribution in [0.4, 0.5) is 5.95 Å². The molecular formula is C20H16ClN7O. The molecule has 1 saturated heterocycles. The molecule has 0 aliphatic carbocycles. The van der Waals surface area contributed by atoms with Crippen LogP contribution in [0.15, 0.2) is 55.1 Å². The van der Waals surface area contributed by atoms with E-state index in [1.165, 1.54) is 0 Å². The van der Waals surface area contributed by atoms with Gasteiger partial charge in [0.25, 0.3) is 0 Å². The number of pyridine rings is 1. The number of imidazole rings is 1. The number of hydrogen-bond acceptors (Lipinski definition) is 6. The van der Waals surface area contributed by atoms with Crippen LogP contribution in [0.1, 0.15) is 0 Å². The molecule has 8 nitrogen and oxygen atoms in total. The van der Waals surface area contributed by atoms with Crippen LogP contribution in [0.2, 0.25) is 5.02 Å². The Hall–Kier alpha value is -3.52. The molecule has 1 N–H and O–H groups in total.